The molecule has 2 aromatic heterocycles. The van der Waals surface area contributed by atoms with Gasteiger partial charge in [-0.3, -0.25) is 5.10 Å². The third-order valence-corrected chi connectivity index (χ3v) is 2.48. The molecule has 0 radical (unpaired) electrons. The number of nitrogens with one attached hydrogen (secondary N) is 2. The van der Waals surface area contributed by atoms with Crippen molar-refractivity contribution in [3.63, 3.8) is 0 Å². The molecule has 15 heavy (non-hydrogen) atoms. The Labute approximate surface area is 99.4 Å². The van der Waals surface area contributed by atoms with Crippen LogP contribution in [-0.4, -0.2) is 20.2 Å². The summed E-state index contributed by atoms with van der Waals surface area (Å²) in [7, 11) is 0. The van der Waals surface area contributed by atoms with Crippen molar-refractivity contribution in [1.82, 2.24) is 20.2 Å². The van der Waals surface area contributed by atoms with Gasteiger partial charge in [0.1, 0.15) is 5.82 Å². The zero-order valence-electron chi connectivity index (χ0n) is 7.54. The van der Waals surface area contributed by atoms with Gasteiger partial charge in [-0.25, -0.2) is 4.98 Å². The second-order valence-corrected chi connectivity index (χ2v) is 3.96. The van der Waals surface area contributed by atoms with E-state index in [9.17, 15) is 0 Å². The SMILES string of the molecule is Clc1ncc(Br)c(NCc2ccn[nH]2)n1. The van der Waals surface area contributed by atoms with E-state index in [2.05, 4.69) is 41.4 Å². The monoisotopic (exact) mass is 287 g/mol. The van der Waals surface area contributed by atoms with Crippen LogP contribution >= 0.6 is 27.5 Å². The van der Waals surface area contributed by atoms with Crippen LogP contribution in [0, 0.1) is 0 Å². The standard InChI is InChI=1S/C8H7BrClN5/c9-6-4-12-8(10)14-7(6)11-3-5-1-2-13-15-5/h1-2,4H,3H2,(H,13,15)(H,11,12,14). The van der Waals surface area contributed by atoms with Gasteiger partial charge in [0.05, 0.1) is 16.7 Å². The average Bonchev–Trinajstić information content (AvgIpc) is 2.72. The molecule has 78 valence electrons. The lowest BCUT2D eigenvalue weighted by Gasteiger charge is -2.05. The van der Waals surface area contributed by atoms with Crippen LogP contribution in [0.5, 0.6) is 0 Å². The predicted molar refractivity (Wildman–Crippen MR) is 60.7 cm³/mol. The van der Waals surface area contributed by atoms with Crippen molar-refractivity contribution in [1.29, 1.82) is 0 Å². The third-order valence-electron chi connectivity index (χ3n) is 1.72. The number of hydrogen-bond acceptors (Lipinski definition) is 4. The van der Waals surface area contributed by atoms with Crippen LogP contribution in [0.2, 0.25) is 5.28 Å². The lowest BCUT2D eigenvalue weighted by atomic mass is 10.4. The molecule has 0 saturated carbocycles. The number of rotatable bonds is 3. The molecule has 2 aromatic rings. The fourth-order valence-corrected chi connectivity index (χ4v) is 1.50. The highest BCUT2D eigenvalue weighted by Crippen LogP contribution is 2.20. The van der Waals surface area contributed by atoms with Crippen molar-refractivity contribution in [2.75, 3.05) is 5.32 Å². The van der Waals surface area contributed by atoms with Gasteiger partial charge < -0.3 is 5.32 Å². The molecule has 0 saturated heterocycles. The quantitative estimate of drug-likeness (QED) is 0.850. The van der Waals surface area contributed by atoms with Crippen molar-refractivity contribution in [2.24, 2.45) is 0 Å². The molecular weight excluding hydrogens is 281 g/mol. The first-order valence-corrected chi connectivity index (χ1v) is 5.33. The summed E-state index contributed by atoms with van der Waals surface area (Å²) in [6.07, 6.45) is 3.30. The number of hydrogen-bond donors (Lipinski definition) is 2. The van der Waals surface area contributed by atoms with Crippen LogP contribution in [0.4, 0.5) is 5.82 Å². The van der Waals surface area contributed by atoms with Gasteiger partial charge in [0.2, 0.25) is 5.28 Å². The summed E-state index contributed by atoms with van der Waals surface area (Å²) in [5.41, 5.74) is 0.969. The maximum Gasteiger partial charge on any atom is 0.224 e. The van der Waals surface area contributed by atoms with Gasteiger partial charge in [-0.05, 0) is 33.6 Å². The van der Waals surface area contributed by atoms with Gasteiger partial charge in [-0.1, -0.05) is 0 Å². The molecular formula is C8H7BrClN5. The van der Waals surface area contributed by atoms with E-state index in [1.807, 2.05) is 6.07 Å². The molecule has 2 rings (SSSR count). The lowest BCUT2D eigenvalue weighted by molar-refractivity contribution is 0.969. The normalized spacial score (nSPS) is 10.3. The van der Waals surface area contributed by atoms with Crippen LogP contribution in [0.1, 0.15) is 5.69 Å². The van der Waals surface area contributed by atoms with Gasteiger partial charge >= 0.3 is 0 Å². The van der Waals surface area contributed by atoms with Crippen LogP contribution in [0.3, 0.4) is 0 Å². The van der Waals surface area contributed by atoms with E-state index in [-0.39, 0.29) is 5.28 Å². The van der Waals surface area contributed by atoms with Crippen LogP contribution in [0.15, 0.2) is 22.9 Å². The maximum atomic E-state index is 5.67. The molecule has 0 bridgehead atoms. The van der Waals surface area contributed by atoms with E-state index in [4.69, 9.17) is 11.6 Å². The van der Waals surface area contributed by atoms with Crippen molar-refractivity contribution >= 4 is 33.3 Å². The second kappa shape index (κ2) is 4.59. The first-order chi connectivity index (χ1) is 7.25. The van der Waals surface area contributed by atoms with E-state index in [1.165, 1.54) is 0 Å². The summed E-state index contributed by atoms with van der Waals surface area (Å²) in [5, 5.41) is 9.99. The van der Waals surface area contributed by atoms with E-state index in [1.54, 1.807) is 12.4 Å². The summed E-state index contributed by atoms with van der Waals surface area (Å²) in [4.78, 5) is 7.87. The zero-order valence-corrected chi connectivity index (χ0v) is 9.88. The third kappa shape index (κ3) is 2.66. The Balaban J connectivity index is 2.07. The molecule has 0 aliphatic heterocycles. The van der Waals surface area contributed by atoms with Gasteiger partial charge in [-0.2, -0.15) is 10.1 Å². The number of H-pyrrole nitrogens is 1. The molecule has 7 heteroatoms. The second-order valence-electron chi connectivity index (χ2n) is 2.77. The molecule has 0 aliphatic rings. The summed E-state index contributed by atoms with van der Waals surface area (Å²) >= 11 is 9.00. The molecule has 2 N–H and O–H groups in total. The molecule has 0 aromatic carbocycles. The molecule has 2 heterocycles. The van der Waals surface area contributed by atoms with Crippen LogP contribution in [-0.2, 0) is 6.54 Å². The predicted octanol–water partition coefficient (Wildman–Crippen LogP) is 2.23. The minimum Gasteiger partial charge on any atom is -0.363 e. The number of aromatic amines is 1. The Morgan fingerprint density at radius 2 is 2.40 bits per heavy atom. The molecule has 0 unspecified atom stereocenters. The van der Waals surface area contributed by atoms with Gasteiger partial charge in [0.25, 0.3) is 0 Å². The van der Waals surface area contributed by atoms with Gasteiger partial charge in [-0.15, -0.1) is 0 Å². The minimum atomic E-state index is 0.213. The van der Waals surface area contributed by atoms with E-state index < -0.39 is 0 Å². The largest absolute Gasteiger partial charge is 0.363 e. The zero-order chi connectivity index (χ0) is 10.7. The number of halogens is 2. The van der Waals surface area contributed by atoms with Crippen molar-refractivity contribution < 1.29 is 0 Å². The van der Waals surface area contributed by atoms with Crippen molar-refractivity contribution in [2.45, 2.75) is 6.54 Å². The van der Waals surface area contributed by atoms with E-state index >= 15 is 0 Å². The fourth-order valence-electron chi connectivity index (χ4n) is 1.03. The summed E-state index contributed by atoms with van der Waals surface area (Å²) in [6.45, 7) is 0.603. The van der Waals surface area contributed by atoms with Gasteiger partial charge in [0.15, 0.2) is 0 Å². The Hall–Kier alpha value is -1.14. The number of aromatic nitrogens is 4. The molecule has 0 fully saturated rings. The lowest BCUT2D eigenvalue weighted by Crippen LogP contribution is -2.03. The summed E-state index contributed by atoms with van der Waals surface area (Å²) in [6, 6.07) is 1.88. The first kappa shape index (κ1) is 10.4. The van der Waals surface area contributed by atoms with Crippen LogP contribution in [0.25, 0.3) is 0 Å². The Kier molecular flexibility index (Phi) is 3.17. The molecule has 5 nitrogen and oxygen atoms in total. The van der Waals surface area contributed by atoms with E-state index in [0.29, 0.717) is 12.4 Å². The fraction of sp³-hybridized carbons (Fsp3) is 0.125. The van der Waals surface area contributed by atoms with Gasteiger partial charge in [0, 0.05) is 12.4 Å². The summed E-state index contributed by atoms with van der Waals surface area (Å²) in [5.74, 6) is 0.657. The molecule has 0 spiro atoms. The first-order valence-electron chi connectivity index (χ1n) is 4.16. The van der Waals surface area contributed by atoms with Crippen LogP contribution < -0.4 is 5.32 Å². The molecule has 0 aliphatic carbocycles. The Morgan fingerprint density at radius 1 is 1.53 bits per heavy atom. The number of anilines is 1. The molecule has 0 amide bonds. The highest BCUT2D eigenvalue weighted by atomic mass is 79.9. The Bertz CT molecular complexity index is 444. The highest BCUT2D eigenvalue weighted by molar-refractivity contribution is 9.10. The maximum absolute atomic E-state index is 5.67. The van der Waals surface area contributed by atoms with E-state index in [0.717, 1.165) is 10.2 Å². The Morgan fingerprint density at radius 3 is 3.13 bits per heavy atom. The van der Waals surface area contributed by atoms with Crippen molar-refractivity contribution in [3.8, 4) is 0 Å². The highest BCUT2D eigenvalue weighted by Gasteiger charge is 2.03. The van der Waals surface area contributed by atoms with Crippen molar-refractivity contribution in [3.05, 3.63) is 33.9 Å². The summed E-state index contributed by atoms with van der Waals surface area (Å²) < 4.78 is 0.770. The molecule has 0 atom stereocenters. The number of nitrogens with zero attached hydrogens (tertiary/aromatic N) is 3. The smallest absolute Gasteiger partial charge is 0.224 e. The average molecular weight is 289 g/mol. The topological polar surface area (TPSA) is 66.5 Å². The minimum absolute atomic E-state index is 0.213.